The molecule has 5 aromatic rings. The SMILES string of the molecule is N=C(/N=C(\N)c1cccc2oc3cc(Cl)c(-c4ccccc4)cc3c12)c1ccccc1. The number of hydrogen-bond donors (Lipinski definition) is 2. The normalized spacial score (nSPS) is 11.8. The Morgan fingerprint density at radius 1 is 0.839 bits per heavy atom. The highest BCUT2D eigenvalue weighted by atomic mass is 35.5. The quantitative estimate of drug-likeness (QED) is 0.252. The van der Waals surface area contributed by atoms with E-state index in [1.807, 2.05) is 91.0 Å². The average molecular weight is 424 g/mol. The summed E-state index contributed by atoms with van der Waals surface area (Å²) < 4.78 is 6.06. The molecule has 5 rings (SSSR count). The first-order valence-electron chi connectivity index (χ1n) is 9.80. The van der Waals surface area contributed by atoms with Gasteiger partial charge in [0.2, 0.25) is 0 Å². The largest absolute Gasteiger partial charge is 0.456 e. The number of halogens is 1. The highest BCUT2D eigenvalue weighted by molar-refractivity contribution is 6.34. The zero-order valence-corrected chi connectivity index (χ0v) is 17.2. The maximum atomic E-state index is 8.31. The standard InChI is InChI=1S/C26H18ClN3O/c27-21-15-23-20(14-19(21)16-8-3-1-4-9-16)24-18(12-7-13-22(24)31-23)26(29)30-25(28)17-10-5-2-6-11-17/h1-15H,(H3,28,29,30). The van der Waals surface area contributed by atoms with E-state index in [1.165, 1.54) is 0 Å². The van der Waals surface area contributed by atoms with Gasteiger partial charge in [0.15, 0.2) is 5.84 Å². The summed E-state index contributed by atoms with van der Waals surface area (Å²) in [5, 5.41) is 10.7. The van der Waals surface area contributed by atoms with Gasteiger partial charge in [-0.05, 0) is 17.7 Å². The molecule has 0 aliphatic heterocycles. The molecule has 0 spiro atoms. The lowest BCUT2D eigenvalue weighted by Gasteiger charge is -2.06. The zero-order valence-electron chi connectivity index (χ0n) is 16.5. The van der Waals surface area contributed by atoms with Crippen molar-refractivity contribution in [2.24, 2.45) is 10.7 Å². The van der Waals surface area contributed by atoms with Gasteiger partial charge < -0.3 is 10.2 Å². The van der Waals surface area contributed by atoms with Crippen molar-refractivity contribution >= 4 is 45.2 Å². The summed E-state index contributed by atoms with van der Waals surface area (Å²) in [5.74, 6) is 0.370. The minimum Gasteiger partial charge on any atom is -0.456 e. The fourth-order valence-electron chi connectivity index (χ4n) is 3.74. The Kier molecular flexibility index (Phi) is 4.77. The minimum atomic E-state index is 0.107. The van der Waals surface area contributed by atoms with Gasteiger partial charge in [0.25, 0.3) is 0 Å². The summed E-state index contributed by atoms with van der Waals surface area (Å²) in [6.07, 6.45) is 0. The molecule has 5 heteroatoms. The molecule has 0 aliphatic rings. The molecule has 3 N–H and O–H groups in total. The van der Waals surface area contributed by atoms with Gasteiger partial charge in [-0.2, -0.15) is 0 Å². The molecule has 31 heavy (non-hydrogen) atoms. The van der Waals surface area contributed by atoms with Gasteiger partial charge in [0, 0.05) is 33.5 Å². The zero-order chi connectivity index (χ0) is 21.4. The van der Waals surface area contributed by atoms with Crippen LogP contribution in [0.5, 0.6) is 0 Å². The molecule has 0 atom stereocenters. The van der Waals surface area contributed by atoms with Crippen molar-refractivity contribution < 1.29 is 4.42 Å². The number of furan rings is 1. The Balaban J connectivity index is 1.70. The molecule has 150 valence electrons. The summed E-state index contributed by atoms with van der Waals surface area (Å²) in [6.45, 7) is 0. The molecule has 0 aliphatic carbocycles. The first-order valence-corrected chi connectivity index (χ1v) is 10.2. The van der Waals surface area contributed by atoms with Crippen LogP contribution in [-0.4, -0.2) is 11.7 Å². The second-order valence-corrected chi connectivity index (χ2v) is 7.59. The first-order chi connectivity index (χ1) is 15.1. The minimum absolute atomic E-state index is 0.107. The van der Waals surface area contributed by atoms with Gasteiger partial charge in [-0.3, -0.25) is 5.41 Å². The number of hydrogen-bond acceptors (Lipinski definition) is 2. The summed E-state index contributed by atoms with van der Waals surface area (Å²) in [5.41, 5.74) is 11.1. The van der Waals surface area contributed by atoms with Crippen molar-refractivity contribution in [2.45, 2.75) is 0 Å². The lowest BCUT2D eigenvalue weighted by molar-refractivity contribution is 0.669. The molecule has 1 heterocycles. The fraction of sp³-hybridized carbons (Fsp3) is 0. The van der Waals surface area contributed by atoms with E-state index in [0.717, 1.165) is 27.5 Å². The Bertz CT molecular complexity index is 1450. The molecule has 0 fully saturated rings. The van der Waals surface area contributed by atoms with Crippen molar-refractivity contribution in [3.8, 4) is 11.1 Å². The van der Waals surface area contributed by atoms with E-state index in [1.54, 1.807) is 0 Å². The Morgan fingerprint density at radius 2 is 1.55 bits per heavy atom. The second-order valence-electron chi connectivity index (χ2n) is 7.19. The number of amidine groups is 2. The molecular formula is C26H18ClN3O. The molecule has 0 radical (unpaired) electrons. The van der Waals surface area contributed by atoms with Crippen LogP contribution >= 0.6 is 11.6 Å². The lowest BCUT2D eigenvalue weighted by atomic mass is 10.0. The molecule has 0 saturated heterocycles. The highest BCUT2D eigenvalue weighted by Crippen LogP contribution is 2.38. The van der Waals surface area contributed by atoms with Crippen molar-refractivity contribution in [1.29, 1.82) is 5.41 Å². The van der Waals surface area contributed by atoms with Gasteiger partial charge >= 0.3 is 0 Å². The van der Waals surface area contributed by atoms with Crippen LogP contribution in [0.25, 0.3) is 33.1 Å². The number of nitrogens with two attached hydrogens (primary N) is 1. The molecule has 4 nitrogen and oxygen atoms in total. The summed E-state index contributed by atoms with van der Waals surface area (Å²) in [4.78, 5) is 4.36. The van der Waals surface area contributed by atoms with Crippen LogP contribution in [-0.2, 0) is 0 Å². The average Bonchev–Trinajstić information content (AvgIpc) is 3.16. The first kappa shape index (κ1) is 19.1. The van der Waals surface area contributed by atoms with Crippen molar-refractivity contribution in [1.82, 2.24) is 0 Å². The topological polar surface area (TPSA) is 75.4 Å². The van der Waals surface area contributed by atoms with Gasteiger partial charge in [0.1, 0.15) is 17.0 Å². The van der Waals surface area contributed by atoms with Crippen molar-refractivity contribution in [3.05, 3.63) is 107 Å². The maximum absolute atomic E-state index is 8.31. The molecule has 0 unspecified atom stereocenters. The second kappa shape index (κ2) is 7.74. The number of nitrogens with one attached hydrogen (secondary N) is 1. The van der Waals surface area contributed by atoms with E-state index in [4.69, 9.17) is 27.2 Å². The molecular weight excluding hydrogens is 406 g/mol. The molecule has 0 bridgehead atoms. The van der Waals surface area contributed by atoms with E-state index in [2.05, 4.69) is 4.99 Å². The predicted molar refractivity (Wildman–Crippen MR) is 128 cm³/mol. The molecule has 0 saturated carbocycles. The fourth-order valence-corrected chi connectivity index (χ4v) is 4.00. The third kappa shape index (κ3) is 3.47. The number of nitrogens with zero attached hydrogens (tertiary/aromatic N) is 1. The maximum Gasteiger partial charge on any atom is 0.154 e. The van der Waals surface area contributed by atoms with Crippen molar-refractivity contribution in [3.63, 3.8) is 0 Å². The van der Waals surface area contributed by atoms with E-state index < -0.39 is 0 Å². The van der Waals surface area contributed by atoms with Crippen LogP contribution in [0.4, 0.5) is 0 Å². The van der Waals surface area contributed by atoms with Crippen LogP contribution < -0.4 is 5.73 Å². The third-order valence-electron chi connectivity index (χ3n) is 5.22. The van der Waals surface area contributed by atoms with Gasteiger partial charge in [0.05, 0.1) is 5.02 Å². The van der Waals surface area contributed by atoms with Crippen LogP contribution in [0, 0.1) is 5.41 Å². The van der Waals surface area contributed by atoms with Gasteiger partial charge in [-0.15, -0.1) is 0 Å². The summed E-state index contributed by atoms with van der Waals surface area (Å²) >= 11 is 6.57. The van der Waals surface area contributed by atoms with Gasteiger partial charge in [-0.25, -0.2) is 4.99 Å². The summed E-state index contributed by atoms with van der Waals surface area (Å²) in [7, 11) is 0. The number of rotatable bonds is 3. The van der Waals surface area contributed by atoms with Crippen LogP contribution in [0.3, 0.4) is 0 Å². The monoisotopic (exact) mass is 423 g/mol. The van der Waals surface area contributed by atoms with E-state index in [0.29, 0.717) is 21.8 Å². The lowest BCUT2D eigenvalue weighted by Crippen LogP contribution is -2.16. The predicted octanol–water partition coefficient (Wildman–Crippen LogP) is 6.64. The smallest absolute Gasteiger partial charge is 0.154 e. The molecule has 0 amide bonds. The van der Waals surface area contributed by atoms with Gasteiger partial charge in [-0.1, -0.05) is 84.4 Å². The van der Waals surface area contributed by atoms with Crippen LogP contribution in [0.15, 0.2) is 100 Å². The summed E-state index contributed by atoms with van der Waals surface area (Å²) in [6, 6.07) is 28.8. The Morgan fingerprint density at radius 3 is 2.29 bits per heavy atom. The third-order valence-corrected chi connectivity index (χ3v) is 5.54. The highest BCUT2D eigenvalue weighted by Gasteiger charge is 2.16. The molecule has 4 aromatic carbocycles. The number of fused-ring (bicyclic) bond motifs is 3. The molecule has 1 aromatic heterocycles. The Labute approximate surface area is 184 Å². The van der Waals surface area contributed by atoms with E-state index in [-0.39, 0.29) is 11.7 Å². The van der Waals surface area contributed by atoms with Crippen molar-refractivity contribution in [2.75, 3.05) is 0 Å². The number of benzene rings is 4. The number of aliphatic imine (C=N–C) groups is 1. The van der Waals surface area contributed by atoms with Crippen LogP contribution in [0.1, 0.15) is 11.1 Å². The van der Waals surface area contributed by atoms with E-state index >= 15 is 0 Å². The Hall–Kier alpha value is -3.89. The van der Waals surface area contributed by atoms with E-state index in [9.17, 15) is 0 Å². The van der Waals surface area contributed by atoms with Crippen LogP contribution in [0.2, 0.25) is 5.02 Å².